The van der Waals surface area contributed by atoms with Crippen molar-refractivity contribution >= 4 is 40.0 Å². The molecule has 4 aromatic rings. The number of rotatable bonds is 10. The van der Waals surface area contributed by atoms with Crippen molar-refractivity contribution in [1.29, 1.82) is 0 Å². The van der Waals surface area contributed by atoms with Gasteiger partial charge < -0.3 is 33.6 Å². The first-order chi connectivity index (χ1) is 29.0. The summed E-state index contributed by atoms with van der Waals surface area (Å²) in [5.74, 6) is 1.91. The molecular weight excluding hydrogens is 768 g/mol. The molecule has 1 atom stereocenters. The van der Waals surface area contributed by atoms with Gasteiger partial charge in [-0.05, 0) is 79.7 Å². The Bertz CT molecular complexity index is 2440. The summed E-state index contributed by atoms with van der Waals surface area (Å²) in [4.78, 5) is 66.0. The molecule has 1 N–H and O–H groups in total. The van der Waals surface area contributed by atoms with Crippen molar-refractivity contribution in [3.63, 3.8) is 0 Å². The summed E-state index contributed by atoms with van der Waals surface area (Å²) < 4.78 is 27.2. The number of carbonyl (C=O) groups is 3. The van der Waals surface area contributed by atoms with E-state index in [2.05, 4.69) is 31.1 Å². The number of halogens is 1. The maximum absolute atomic E-state index is 13.7. The molecule has 5 saturated heterocycles. The number of hydrogen-bond donors (Lipinski definition) is 1. The summed E-state index contributed by atoms with van der Waals surface area (Å²) in [5, 5.41) is 3.64. The Hall–Kier alpha value is -5.54. The number of carbonyl (C=O) groups excluding carboxylic acids is 3. The van der Waals surface area contributed by atoms with E-state index in [1.165, 1.54) is 0 Å². The second kappa shape index (κ2) is 14.9. The van der Waals surface area contributed by atoms with Crippen molar-refractivity contribution < 1.29 is 28.2 Å². The minimum absolute atomic E-state index is 0.127. The predicted molar refractivity (Wildman–Crippen MR) is 224 cm³/mol. The fourth-order valence-corrected chi connectivity index (χ4v) is 10.4. The molecule has 8 heterocycles. The summed E-state index contributed by atoms with van der Waals surface area (Å²) in [6.07, 6.45) is 5.50. The molecule has 1 unspecified atom stereocenters. The maximum atomic E-state index is 13.7. The number of amides is 3. The van der Waals surface area contributed by atoms with Gasteiger partial charge in [-0.1, -0.05) is 6.07 Å². The van der Waals surface area contributed by atoms with Crippen molar-refractivity contribution in [2.45, 2.75) is 51.0 Å². The van der Waals surface area contributed by atoms with Crippen molar-refractivity contribution in [2.75, 3.05) is 82.9 Å². The number of fused-ring (bicyclic) bond motifs is 2. The van der Waals surface area contributed by atoms with E-state index in [1.807, 2.05) is 41.4 Å². The molecule has 15 heteroatoms. The van der Waals surface area contributed by atoms with Crippen LogP contribution in [0.3, 0.4) is 0 Å². The number of likely N-dealkylation sites (tertiary alicyclic amines) is 2. The van der Waals surface area contributed by atoms with Crippen LogP contribution in [-0.4, -0.2) is 127 Å². The third kappa shape index (κ3) is 6.75. The highest BCUT2D eigenvalue weighted by atomic mass is 19.1. The molecule has 5 fully saturated rings. The minimum atomic E-state index is -0.865. The predicted octanol–water partition coefficient (Wildman–Crippen LogP) is 3.57. The molecule has 0 radical (unpaired) electrons. The monoisotopic (exact) mass is 818 g/mol. The second-order valence-corrected chi connectivity index (χ2v) is 17.9. The van der Waals surface area contributed by atoms with Gasteiger partial charge in [-0.2, -0.15) is 0 Å². The average molecular weight is 819 g/mol. The topological polar surface area (TPSA) is 133 Å². The van der Waals surface area contributed by atoms with Crippen LogP contribution < -0.4 is 30.1 Å². The molecule has 10 rings (SSSR count). The normalized spacial score (nSPS) is 22.2. The second-order valence-electron chi connectivity index (χ2n) is 17.9. The zero-order valence-corrected chi connectivity index (χ0v) is 34.4. The zero-order chi connectivity index (χ0) is 41.4. The van der Waals surface area contributed by atoms with Crippen LogP contribution in [0.1, 0.15) is 47.2 Å². The molecule has 6 aliphatic rings. The molecule has 0 aliphatic carbocycles. The minimum Gasteiger partial charge on any atom is -0.496 e. The standard InChI is InChI=1S/C45H51FN8O6/c1-49-23-35(33-15-40(52-21-30(46)22-52)47-16-34(33)43(49)57)29-12-38(59-2)36(39(13-29)60-3)24-51-18-27(19-51)17-50-10-8-45(9-11-50)25-53(26-45)31-5-4-28-20-54(44(58)32(28)14-31)37-6-7-41(55)48-42(37)56/h4-5,12-16,23,27,30,37H,6-11,17-22,24-26H2,1-3H3,(H,48,55,56). The fraction of sp³-hybridized carbons (Fsp3) is 0.489. The third-order valence-corrected chi connectivity index (χ3v) is 13.9. The lowest BCUT2D eigenvalue weighted by molar-refractivity contribution is -0.136. The summed E-state index contributed by atoms with van der Waals surface area (Å²) >= 11 is 0. The van der Waals surface area contributed by atoms with Crippen LogP contribution in [0, 0.1) is 11.3 Å². The van der Waals surface area contributed by atoms with Crippen LogP contribution in [0.4, 0.5) is 15.9 Å². The number of pyridine rings is 2. The van der Waals surface area contributed by atoms with Gasteiger partial charge in [-0.15, -0.1) is 0 Å². The van der Waals surface area contributed by atoms with Gasteiger partial charge in [0, 0.05) is 99.3 Å². The van der Waals surface area contributed by atoms with Crippen LogP contribution >= 0.6 is 0 Å². The van der Waals surface area contributed by atoms with E-state index in [4.69, 9.17) is 9.47 Å². The molecule has 0 bridgehead atoms. The van der Waals surface area contributed by atoms with E-state index in [0.717, 1.165) is 103 Å². The van der Waals surface area contributed by atoms with Crippen molar-refractivity contribution in [1.82, 2.24) is 29.6 Å². The van der Waals surface area contributed by atoms with Crippen molar-refractivity contribution in [3.05, 3.63) is 75.8 Å². The Balaban J connectivity index is 0.735. The number of nitrogens with one attached hydrogen (secondary N) is 1. The van der Waals surface area contributed by atoms with Gasteiger partial charge in [0.1, 0.15) is 29.5 Å². The van der Waals surface area contributed by atoms with Crippen LogP contribution in [0.15, 0.2) is 53.6 Å². The van der Waals surface area contributed by atoms with Crippen molar-refractivity contribution in [2.24, 2.45) is 18.4 Å². The van der Waals surface area contributed by atoms with Crippen molar-refractivity contribution in [3.8, 4) is 22.6 Å². The van der Waals surface area contributed by atoms with Gasteiger partial charge in [0.25, 0.3) is 11.5 Å². The Labute approximate surface area is 347 Å². The zero-order valence-electron chi connectivity index (χ0n) is 34.4. The number of alkyl halides is 1. The first kappa shape index (κ1) is 38.6. The number of piperidine rings is 2. The average Bonchev–Trinajstić information content (AvgIpc) is 3.53. The SMILES string of the molecule is COc1cc(-c2cn(C)c(=O)c3cnc(N4CC(F)C4)cc23)cc(OC)c1CN1CC(CN2CCC3(CC2)CN(c2ccc4c(c2)C(=O)N(C2CCC(=O)NC2=O)C4)C3)C1. The van der Waals surface area contributed by atoms with Crippen LogP contribution in [0.5, 0.6) is 11.5 Å². The highest BCUT2D eigenvalue weighted by Crippen LogP contribution is 2.44. The number of imide groups is 1. The molecule has 2 aromatic heterocycles. The summed E-state index contributed by atoms with van der Waals surface area (Å²) in [5.41, 5.74) is 5.51. The van der Waals surface area contributed by atoms with Crippen LogP contribution in [0.2, 0.25) is 0 Å². The number of ether oxygens (including phenoxy) is 2. The smallest absolute Gasteiger partial charge is 0.259 e. The van der Waals surface area contributed by atoms with Gasteiger partial charge >= 0.3 is 0 Å². The Morgan fingerprint density at radius 3 is 2.30 bits per heavy atom. The Morgan fingerprint density at radius 2 is 1.62 bits per heavy atom. The molecule has 314 valence electrons. The number of aryl methyl sites for hydroxylation is 1. The molecule has 0 saturated carbocycles. The molecule has 60 heavy (non-hydrogen) atoms. The summed E-state index contributed by atoms with van der Waals surface area (Å²) in [7, 11) is 5.09. The van der Waals surface area contributed by atoms with Gasteiger partial charge in [-0.3, -0.25) is 29.4 Å². The quantitative estimate of drug-likeness (QED) is 0.236. The molecule has 3 amide bonds. The van der Waals surface area contributed by atoms with Gasteiger partial charge in [0.05, 0.1) is 38.3 Å². The molecule has 6 aliphatic heterocycles. The number of hydrogen-bond acceptors (Lipinski definition) is 11. The van der Waals surface area contributed by atoms with E-state index in [9.17, 15) is 23.6 Å². The van der Waals surface area contributed by atoms with Crippen LogP contribution in [0.25, 0.3) is 21.9 Å². The maximum Gasteiger partial charge on any atom is 0.259 e. The number of aromatic nitrogens is 2. The van der Waals surface area contributed by atoms with E-state index in [1.54, 1.807) is 36.9 Å². The van der Waals surface area contributed by atoms with Gasteiger partial charge in [0.2, 0.25) is 11.8 Å². The Kier molecular flexibility index (Phi) is 9.58. The third-order valence-electron chi connectivity index (χ3n) is 13.9. The Morgan fingerprint density at radius 1 is 0.883 bits per heavy atom. The van der Waals surface area contributed by atoms with E-state index in [-0.39, 0.29) is 29.7 Å². The molecule has 14 nitrogen and oxygen atoms in total. The largest absolute Gasteiger partial charge is 0.496 e. The van der Waals surface area contributed by atoms with E-state index < -0.39 is 12.2 Å². The molecule has 2 aromatic carbocycles. The molecule has 1 spiro atoms. The highest BCUT2D eigenvalue weighted by Gasteiger charge is 2.46. The van der Waals surface area contributed by atoms with Gasteiger partial charge in [-0.25, -0.2) is 9.37 Å². The van der Waals surface area contributed by atoms with E-state index >= 15 is 0 Å². The highest BCUT2D eigenvalue weighted by molar-refractivity contribution is 6.05. The first-order valence-electron chi connectivity index (χ1n) is 21.1. The van der Waals surface area contributed by atoms with Gasteiger partial charge in [0.15, 0.2) is 0 Å². The lowest BCUT2D eigenvalue weighted by Crippen LogP contribution is -2.61. The fourth-order valence-electron chi connectivity index (χ4n) is 10.4. The lowest BCUT2D eigenvalue weighted by atomic mass is 9.71. The summed E-state index contributed by atoms with van der Waals surface area (Å²) in [6, 6.07) is 11.4. The number of benzene rings is 2. The van der Waals surface area contributed by atoms with E-state index in [0.29, 0.717) is 60.7 Å². The lowest BCUT2D eigenvalue weighted by Gasteiger charge is -2.55. The molecular formula is C45H51FN8O6. The summed E-state index contributed by atoms with van der Waals surface area (Å²) in [6.45, 7) is 8.92. The van der Waals surface area contributed by atoms with Crippen LogP contribution in [-0.2, 0) is 29.7 Å². The first-order valence-corrected chi connectivity index (χ1v) is 21.1. The number of anilines is 2. The number of nitrogens with zero attached hydrogens (tertiary/aromatic N) is 7. The number of methoxy groups -OCH3 is 2.